The molecule has 2 amide bonds. The number of hydrogen-bond donors (Lipinski definition) is 2. The monoisotopic (exact) mass is 421 g/mol. The molecule has 156 valence electrons. The van der Waals surface area contributed by atoms with Gasteiger partial charge in [-0.2, -0.15) is 0 Å². The fourth-order valence-corrected chi connectivity index (χ4v) is 5.70. The van der Waals surface area contributed by atoms with Gasteiger partial charge in [-0.1, -0.05) is 0 Å². The number of fused-ring (bicyclic) bond motifs is 1. The van der Waals surface area contributed by atoms with Crippen LogP contribution in [0.15, 0.2) is 23.9 Å². The van der Waals surface area contributed by atoms with E-state index in [4.69, 9.17) is 0 Å². The van der Waals surface area contributed by atoms with Crippen LogP contribution in [0.5, 0.6) is 0 Å². The molecule has 1 aromatic heterocycles. The van der Waals surface area contributed by atoms with Crippen molar-refractivity contribution in [2.24, 2.45) is 0 Å². The molecule has 29 heavy (non-hydrogen) atoms. The van der Waals surface area contributed by atoms with E-state index in [0.717, 1.165) is 4.90 Å². The van der Waals surface area contributed by atoms with Crippen LogP contribution in [0.25, 0.3) is 6.08 Å². The molecule has 3 heterocycles. The van der Waals surface area contributed by atoms with Gasteiger partial charge in [-0.05, 0) is 52.8 Å². The van der Waals surface area contributed by atoms with Gasteiger partial charge in [0.1, 0.15) is 4.75 Å². The summed E-state index contributed by atoms with van der Waals surface area (Å²) in [6, 6.07) is 1.50. The number of carboxylic acids is 1. The van der Waals surface area contributed by atoms with E-state index < -0.39 is 43.4 Å². The predicted molar refractivity (Wildman–Crippen MR) is 104 cm³/mol. The normalized spacial score (nSPS) is 26.0. The van der Waals surface area contributed by atoms with Crippen molar-refractivity contribution in [1.82, 2.24) is 15.2 Å². The van der Waals surface area contributed by atoms with E-state index in [1.807, 2.05) is 20.8 Å². The van der Waals surface area contributed by atoms with Gasteiger partial charge >= 0.3 is 5.97 Å². The number of aromatic nitrogens is 1. The molecule has 0 bridgehead atoms. The van der Waals surface area contributed by atoms with Gasteiger partial charge in [-0.25, -0.2) is 13.2 Å². The lowest BCUT2D eigenvalue weighted by Gasteiger charge is -2.37. The second-order valence-electron chi connectivity index (χ2n) is 8.73. The zero-order valence-electron chi connectivity index (χ0n) is 16.8. The summed E-state index contributed by atoms with van der Waals surface area (Å²) in [5, 5.41) is 10.9. The second kappa shape index (κ2) is 6.38. The van der Waals surface area contributed by atoms with E-state index in [-0.39, 0.29) is 17.2 Å². The summed E-state index contributed by atoms with van der Waals surface area (Å²) >= 11 is 0. The van der Waals surface area contributed by atoms with Crippen molar-refractivity contribution in [1.29, 1.82) is 0 Å². The number of nitrogens with one attached hydrogen (secondary N) is 1. The molecule has 10 heteroatoms. The first-order valence-corrected chi connectivity index (χ1v) is 10.5. The summed E-state index contributed by atoms with van der Waals surface area (Å²) in [5.74, 6) is -2.36. The molecule has 2 atom stereocenters. The van der Waals surface area contributed by atoms with Crippen molar-refractivity contribution in [3.63, 3.8) is 0 Å². The zero-order valence-corrected chi connectivity index (χ0v) is 17.6. The molecule has 2 fully saturated rings. The summed E-state index contributed by atoms with van der Waals surface area (Å²) in [4.78, 5) is 41.5. The summed E-state index contributed by atoms with van der Waals surface area (Å²) < 4.78 is 24.1. The van der Waals surface area contributed by atoms with Crippen LogP contribution in [0.2, 0.25) is 0 Å². The number of carbonyl (C=O) groups excluding carboxylic acids is 2. The molecule has 2 saturated heterocycles. The van der Waals surface area contributed by atoms with Crippen LogP contribution in [0, 0.1) is 0 Å². The minimum absolute atomic E-state index is 0.0531. The highest BCUT2D eigenvalue weighted by Crippen LogP contribution is 2.48. The number of rotatable bonds is 3. The molecule has 2 N–H and O–H groups in total. The SMILES string of the molecule is CC(C)(C)NC(=O)c1ccnc(/C=C2/C(=O)N3[C@@H](C(=O)O)C(C)(C)S(=O)(=O)[C@H]23)c1. The smallest absolute Gasteiger partial charge is 0.328 e. The lowest BCUT2D eigenvalue weighted by atomic mass is 9.95. The maximum absolute atomic E-state index is 12.9. The van der Waals surface area contributed by atoms with Crippen LogP contribution < -0.4 is 5.32 Å². The Morgan fingerprint density at radius 1 is 1.31 bits per heavy atom. The molecule has 0 spiro atoms. The fraction of sp³-hybridized carbons (Fsp3) is 0.474. The van der Waals surface area contributed by atoms with Crippen molar-refractivity contribution in [2.45, 2.75) is 56.3 Å². The molecule has 2 aliphatic heterocycles. The molecule has 0 radical (unpaired) electrons. The third-order valence-corrected chi connectivity index (χ3v) is 7.79. The Hall–Kier alpha value is -2.75. The minimum Gasteiger partial charge on any atom is -0.480 e. The van der Waals surface area contributed by atoms with E-state index >= 15 is 0 Å². The van der Waals surface area contributed by atoms with Gasteiger partial charge in [0.2, 0.25) is 0 Å². The Labute approximate surface area is 168 Å². The van der Waals surface area contributed by atoms with E-state index in [1.54, 1.807) is 0 Å². The third kappa shape index (κ3) is 3.21. The Morgan fingerprint density at radius 2 is 1.93 bits per heavy atom. The van der Waals surface area contributed by atoms with Gasteiger partial charge in [-0.15, -0.1) is 0 Å². The molecule has 0 aliphatic carbocycles. The quantitative estimate of drug-likeness (QED) is 0.545. The van der Waals surface area contributed by atoms with Crippen molar-refractivity contribution in [3.8, 4) is 0 Å². The number of carboxylic acid groups (broad SMARTS) is 1. The highest BCUT2D eigenvalue weighted by Gasteiger charge is 2.70. The van der Waals surface area contributed by atoms with Crippen LogP contribution in [0.4, 0.5) is 0 Å². The van der Waals surface area contributed by atoms with Crippen LogP contribution in [-0.4, -0.2) is 62.9 Å². The minimum atomic E-state index is -3.96. The Balaban J connectivity index is 1.98. The van der Waals surface area contributed by atoms with Gasteiger partial charge in [0, 0.05) is 17.3 Å². The lowest BCUT2D eigenvalue weighted by Crippen LogP contribution is -2.58. The number of nitrogens with zero attached hydrogens (tertiary/aromatic N) is 2. The maximum Gasteiger partial charge on any atom is 0.328 e. The largest absolute Gasteiger partial charge is 0.480 e. The molecular formula is C19H23N3O6S. The highest BCUT2D eigenvalue weighted by atomic mass is 32.2. The average molecular weight is 421 g/mol. The number of β-lactam (4-membered cyclic amide) rings is 1. The predicted octanol–water partition coefficient (Wildman–Crippen LogP) is 0.822. The number of hydrogen-bond acceptors (Lipinski definition) is 6. The topological polar surface area (TPSA) is 134 Å². The number of pyridine rings is 1. The zero-order chi connectivity index (χ0) is 21.9. The summed E-state index contributed by atoms with van der Waals surface area (Å²) in [5.41, 5.74) is 0.0474. The molecule has 0 unspecified atom stereocenters. The summed E-state index contributed by atoms with van der Waals surface area (Å²) in [7, 11) is -3.96. The molecule has 2 aliphatic rings. The van der Waals surface area contributed by atoms with Gasteiger partial charge < -0.3 is 15.3 Å². The molecule has 0 aromatic carbocycles. The van der Waals surface area contributed by atoms with Crippen molar-refractivity contribution >= 4 is 33.7 Å². The highest BCUT2D eigenvalue weighted by molar-refractivity contribution is 7.94. The molecule has 1 aromatic rings. The number of amides is 2. The second-order valence-corrected chi connectivity index (χ2v) is 11.3. The first kappa shape index (κ1) is 21.0. The Morgan fingerprint density at radius 3 is 2.48 bits per heavy atom. The molecular weight excluding hydrogens is 398 g/mol. The van der Waals surface area contributed by atoms with E-state index in [0.29, 0.717) is 5.56 Å². The van der Waals surface area contributed by atoms with Crippen LogP contribution in [0.3, 0.4) is 0 Å². The first-order valence-electron chi connectivity index (χ1n) is 8.97. The lowest BCUT2D eigenvalue weighted by molar-refractivity contribution is -0.152. The van der Waals surface area contributed by atoms with Crippen LogP contribution >= 0.6 is 0 Å². The van der Waals surface area contributed by atoms with E-state index in [9.17, 15) is 27.9 Å². The Kier molecular flexibility index (Phi) is 4.61. The van der Waals surface area contributed by atoms with Crippen molar-refractivity contribution in [3.05, 3.63) is 35.2 Å². The van der Waals surface area contributed by atoms with Crippen LogP contribution in [0.1, 0.15) is 50.7 Å². The van der Waals surface area contributed by atoms with Gasteiger partial charge in [0.15, 0.2) is 21.3 Å². The standard InChI is InChI=1S/C19H23N3O6S/c1-18(2,3)21-14(23)10-6-7-20-11(8-10)9-12-15(24)22-13(17(25)26)19(4,5)29(27,28)16(12)22/h6-9,13,16H,1-5H3,(H,21,23)(H,25,26)/b12-9-/t13-,16+/m0/s1. The summed E-state index contributed by atoms with van der Waals surface area (Å²) in [6.45, 7) is 8.12. The first-order chi connectivity index (χ1) is 13.2. The number of sulfone groups is 1. The van der Waals surface area contributed by atoms with E-state index in [1.165, 1.54) is 38.3 Å². The number of carbonyl (C=O) groups is 3. The van der Waals surface area contributed by atoms with Crippen LogP contribution in [-0.2, 0) is 19.4 Å². The molecule has 0 saturated carbocycles. The average Bonchev–Trinajstić information content (AvgIpc) is 2.72. The van der Waals surface area contributed by atoms with Crippen molar-refractivity contribution < 1.29 is 27.9 Å². The van der Waals surface area contributed by atoms with Gasteiger partial charge in [0.25, 0.3) is 11.8 Å². The number of aliphatic carboxylic acids is 1. The van der Waals surface area contributed by atoms with Gasteiger partial charge in [0.05, 0.1) is 11.3 Å². The Bertz CT molecular complexity index is 1050. The van der Waals surface area contributed by atoms with Crippen molar-refractivity contribution in [2.75, 3.05) is 0 Å². The fourth-order valence-electron chi connectivity index (χ4n) is 3.58. The molecule has 3 rings (SSSR count). The molecule has 9 nitrogen and oxygen atoms in total. The van der Waals surface area contributed by atoms with E-state index in [2.05, 4.69) is 10.3 Å². The maximum atomic E-state index is 12.9. The third-order valence-electron chi connectivity index (χ3n) is 5.03. The summed E-state index contributed by atoms with van der Waals surface area (Å²) in [6.07, 6.45) is 2.69. The van der Waals surface area contributed by atoms with Gasteiger partial charge in [-0.3, -0.25) is 14.6 Å².